The number of benzene rings is 1. The SMILES string of the molecule is CCCN1CCC(NCCc2cc(F)cc(F)c2)CC1. The van der Waals surface area contributed by atoms with Crippen LogP contribution in [0, 0.1) is 11.6 Å². The number of rotatable bonds is 6. The van der Waals surface area contributed by atoms with Crippen LogP contribution < -0.4 is 5.32 Å². The van der Waals surface area contributed by atoms with Crippen LogP contribution >= 0.6 is 0 Å². The van der Waals surface area contributed by atoms with Crippen molar-refractivity contribution in [2.24, 2.45) is 0 Å². The minimum Gasteiger partial charge on any atom is -0.314 e. The zero-order valence-electron chi connectivity index (χ0n) is 12.2. The maximum atomic E-state index is 13.1. The van der Waals surface area contributed by atoms with E-state index in [0.717, 1.165) is 44.1 Å². The molecular weight excluding hydrogens is 258 g/mol. The van der Waals surface area contributed by atoms with Gasteiger partial charge in [0.05, 0.1) is 0 Å². The van der Waals surface area contributed by atoms with Gasteiger partial charge in [-0.2, -0.15) is 0 Å². The topological polar surface area (TPSA) is 15.3 Å². The highest BCUT2D eigenvalue weighted by Crippen LogP contribution is 2.11. The van der Waals surface area contributed by atoms with E-state index in [9.17, 15) is 8.78 Å². The van der Waals surface area contributed by atoms with Crippen molar-refractivity contribution in [1.82, 2.24) is 10.2 Å². The predicted octanol–water partition coefficient (Wildman–Crippen LogP) is 2.97. The van der Waals surface area contributed by atoms with Gasteiger partial charge in [-0.1, -0.05) is 6.92 Å². The zero-order chi connectivity index (χ0) is 14.4. The molecule has 1 aromatic carbocycles. The molecule has 20 heavy (non-hydrogen) atoms. The quantitative estimate of drug-likeness (QED) is 0.863. The molecule has 1 aromatic rings. The molecule has 1 fully saturated rings. The van der Waals surface area contributed by atoms with Gasteiger partial charge in [-0.3, -0.25) is 0 Å². The second-order valence-electron chi connectivity index (χ2n) is 5.60. The van der Waals surface area contributed by atoms with Crippen molar-refractivity contribution in [3.63, 3.8) is 0 Å². The van der Waals surface area contributed by atoms with Gasteiger partial charge < -0.3 is 10.2 Å². The number of nitrogens with zero attached hydrogens (tertiary/aromatic N) is 1. The molecule has 0 spiro atoms. The molecule has 1 aliphatic rings. The Kier molecular flexibility index (Phi) is 5.92. The fraction of sp³-hybridized carbons (Fsp3) is 0.625. The van der Waals surface area contributed by atoms with Crippen LogP contribution in [0.1, 0.15) is 31.7 Å². The monoisotopic (exact) mass is 282 g/mol. The highest BCUT2D eigenvalue weighted by Gasteiger charge is 2.17. The Balaban J connectivity index is 1.69. The van der Waals surface area contributed by atoms with Gasteiger partial charge in [0.25, 0.3) is 0 Å². The van der Waals surface area contributed by atoms with Crippen molar-refractivity contribution in [2.45, 2.75) is 38.6 Å². The highest BCUT2D eigenvalue weighted by atomic mass is 19.1. The normalized spacial score (nSPS) is 17.6. The third-order valence-electron chi connectivity index (χ3n) is 3.90. The summed E-state index contributed by atoms with van der Waals surface area (Å²) in [6, 6.07) is 4.28. The summed E-state index contributed by atoms with van der Waals surface area (Å²) in [4.78, 5) is 2.50. The first-order chi connectivity index (χ1) is 9.67. The fourth-order valence-corrected chi connectivity index (χ4v) is 2.85. The van der Waals surface area contributed by atoms with Gasteiger partial charge in [0.15, 0.2) is 0 Å². The van der Waals surface area contributed by atoms with Gasteiger partial charge in [0.1, 0.15) is 11.6 Å². The van der Waals surface area contributed by atoms with E-state index in [0.29, 0.717) is 12.5 Å². The third kappa shape index (κ3) is 4.84. The van der Waals surface area contributed by atoms with Gasteiger partial charge in [-0.05, 0) is 69.6 Å². The van der Waals surface area contributed by atoms with Crippen LogP contribution in [0.2, 0.25) is 0 Å². The van der Waals surface area contributed by atoms with Crippen molar-refractivity contribution in [3.05, 3.63) is 35.4 Å². The number of piperidine rings is 1. The number of likely N-dealkylation sites (tertiary alicyclic amines) is 1. The van der Waals surface area contributed by atoms with E-state index < -0.39 is 11.6 Å². The largest absolute Gasteiger partial charge is 0.314 e. The smallest absolute Gasteiger partial charge is 0.126 e. The van der Waals surface area contributed by atoms with E-state index in [2.05, 4.69) is 17.1 Å². The van der Waals surface area contributed by atoms with Crippen LogP contribution in [0.5, 0.6) is 0 Å². The molecule has 112 valence electrons. The molecule has 0 amide bonds. The van der Waals surface area contributed by atoms with Crippen LogP contribution in [0.4, 0.5) is 8.78 Å². The summed E-state index contributed by atoms with van der Waals surface area (Å²) >= 11 is 0. The maximum Gasteiger partial charge on any atom is 0.126 e. The molecule has 1 heterocycles. The van der Waals surface area contributed by atoms with Crippen molar-refractivity contribution in [3.8, 4) is 0 Å². The zero-order valence-corrected chi connectivity index (χ0v) is 12.2. The van der Waals surface area contributed by atoms with Crippen LogP contribution in [0.15, 0.2) is 18.2 Å². The van der Waals surface area contributed by atoms with Crippen LogP contribution in [-0.2, 0) is 6.42 Å². The lowest BCUT2D eigenvalue weighted by Crippen LogP contribution is -2.43. The lowest BCUT2D eigenvalue weighted by atomic mass is 10.0. The molecule has 0 aromatic heterocycles. The maximum absolute atomic E-state index is 13.1. The van der Waals surface area contributed by atoms with E-state index in [1.54, 1.807) is 0 Å². The Bertz CT molecular complexity index is 395. The molecule has 0 saturated carbocycles. The lowest BCUT2D eigenvalue weighted by molar-refractivity contribution is 0.198. The van der Waals surface area contributed by atoms with Gasteiger partial charge in [0, 0.05) is 12.1 Å². The highest BCUT2D eigenvalue weighted by molar-refractivity contribution is 5.18. The molecule has 0 unspecified atom stereocenters. The molecule has 2 rings (SSSR count). The van der Waals surface area contributed by atoms with Crippen molar-refractivity contribution >= 4 is 0 Å². The Morgan fingerprint density at radius 1 is 1.15 bits per heavy atom. The number of nitrogens with one attached hydrogen (secondary N) is 1. The number of hydrogen-bond donors (Lipinski definition) is 1. The van der Waals surface area contributed by atoms with E-state index in [4.69, 9.17) is 0 Å². The molecule has 0 atom stereocenters. The Hall–Kier alpha value is -1.00. The summed E-state index contributed by atoms with van der Waals surface area (Å²) in [5, 5.41) is 3.50. The van der Waals surface area contributed by atoms with Gasteiger partial charge in [-0.15, -0.1) is 0 Å². The Morgan fingerprint density at radius 2 is 1.80 bits per heavy atom. The average molecular weight is 282 g/mol. The molecule has 2 nitrogen and oxygen atoms in total. The first-order valence-corrected chi connectivity index (χ1v) is 7.58. The molecule has 4 heteroatoms. The van der Waals surface area contributed by atoms with Crippen molar-refractivity contribution in [1.29, 1.82) is 0 Å². The second-order valence-corrected chi connectivity index (χ2v) is 5.60. The van der Waals surface area contributed by atoms with E-state index in [1.165, 1.54) is 25.1 Å². The summed E-state index contributed by atoms with van der Waals surface area (Å²) in [7, 11) is 0. The number of halogens is 2. The third-order valence-corrected chi connectivity index (χ3v) is 3.90. The summed E-state index contributed by atoms with van der Waals surface area (Å²) in [5.41, 5.74) is 0.721. The second kappa shape index (κ2) is 7.70. The van der Waals surface area contributed by atoms with Gasteiger partial charge in [-0.25, -0.2) is 8.78 Å². The molecule has 1 saturated heterocycles. The summed E-state index contributed by atoms with van der Waals surface area (Å²) in [5.74, 6) is -0.985. The predicted molar refractivity (Wildman–Crippen MR) is 77.8 cm³/mol. The van der Waals surface area contributed by atoms with Crippen molar-refractivity contribution in [2.75, 3.05) is 26.2 Å². The van der Waals surface area contributed by atoms with Crippen LogP contribution in [0.3, 0.4) is 0 Å². The fourth-order valence-electron chi connectivity index (χ4n) is 2.85. The molecule has 0 bridgehead atoms. The summed E-state index contributed by atoms with van der Waals surface area (Å²) in [6.07, 6.45) is 4.21. The van der Waals surface area contributed by atoms with E-state index in [-0.39, 0.29) is 0 Å². The molecule has 0 aliphatic carbocycles. The average Bonchev–Trinajstić information content (AvgIpc) is 2.40. The Labute approximate surface area is 120 Å². The van der Waals surface area contributed by atoms with Crippen molar-refractivity contribution < 1.29 is 8.78 Å². The molecule has 1 aliphatic heterocycles. The number of hydrogen-bond acceptors (Lipinski definition) is 2. The first kappa shape index (κ1) is 15.4. The minimum atomic E-state index is -0.493. The van der Waals surface area contributed by atoms with Gasteiger partial charge >= 0.3 is 0 Å². The standard InChI is InChI=1S/C16H24F2N2/c1-2-7-20-8-4-16(5-9-20)19-6-3-13-10-14(17)12-15(18)11-13/h10-12,16,19H,2-9H2,1H3. The van der Waals surface area contributed by atoms with Crippen LogP contribution in [0.25, 0.3) is 0 Å². The molecule has 0 radical (unpaired) electrons. The Morgan fingerprint density at radius 3 is 2.40 bits per heavy atom. The minimum absolute atomic E-state index is 0.493. The van der Waals surface area contributed by atoms with E-state index >= 15 is 0 Å². The van der Waals surface area contributed by atoms with E-state index in [1.807, 2.05) is 0 Å². The van der Waals surface area contributed by atoms with Gasteiger partial charge in [0.2, 0.25) is 0 Å². The first-order valence-electron chi connectivity index (χ1n) is 7.58. The molecule has 1 N–H and O–H groups in total. The summed E-state index contributed by atoms with van der Waals surface area (Å²) < 4.78 is 26.1. The lowest BCUT2D eigenvalue weighted by Gasteiger charge is -2.32. The molecular formula is C16H24F2N2. The van der Waals surface area contributed by atoms with Crippen LogP contribution in [-0.4, -0.2) is 37.1 Å². The summed E-state index contributed by atoms with van der Waals surface area (Å²) in [6.45, 7) is 6.49.